The SMILES string of the molecule is CCOc1ccc(C=O)cc1Cl.c1ccccc1. The number of carbonyl (C=O) groups excluding carboxylic acids is 1. The number of benzene rings is 2. The minimum Gasteiger partial charge on any atom is -0.492 e. The van der Waals surface area contributed by atoms with Gasteiger partial charge in [0.05, 0.1) is 11.6 Å². The summed E-state index contributed by atoms with van der Waals surface area (Å²) < 4.78 is 5.19. The van der Waals surface area contributed by atoms with Crippen molar-refractivity contribution in [2.75, 3.05) is 6.61 Å². The largest absolute Gasteiger partial charge is 0.492 e. The maximum absolute atomic E-state index is 10.3. The molecule has 0 aliphatic heterocycles. The Morgan fingerprint density at radius 1 is 1.11 bits per heavy atom. The zero-order valence-corrected chi connectivity index (χ0v) is 10.9. The molecule has 0 heterocycles. The third-order valence-electron chi connectivity index (χ3n) is 2.06. The summed E-state index contributed by atoms with van der Waals surface area (Å²) >= 11 is 5.80. The van der Waals surface area contributed by atoms with Gasteiger partial charge in [-0.1, -0.05) is 48.0 Å². The zero-order chi connectivity index (χ0) is 13.2. The van der Waals surface area contributed by atoms with Crippen molar-refractivity contribution in [3.63, 3.8) is 0 Å². The van der Waals surface area contributed by atoms with Crippen LogP contribution in [0.5, 0.6) is 5.75 Å². The van der Waals surface area contributed by atoms with Crippen molar-refractivity contribution < 1.29 is 9.53 Å². The average Bonchev–Trinajstić information content (AvgIpc) is 2.44. The van der Waals surface area contributed by atoms with Crippen molar-refractivity contribution in [1.82, 2.24) is 0 Å². The summed E-state index contributed by atoms with van der Waals surface area (Å²) in [6.07, 6.45) is 0.752. The van der Waals surface area contributed by atoms with Gasteiger partial charge >= 0.3 is 0 Å². The van der Waals surface area contributed by atoms with Crippen LogP contribution >= 0.6 is 11.6 Å². The molecule has 0 aliphatic carbocycles. The van der Waals surface area contributed by atoms with Gasteiger partial charge in [0.25, 0.3) is 0 Å². The van der Waals surface area contributed by atoms with Gasteiger partial charge in [0, 0.05) is 5.56 Å². The first-order valence-corrected chi connectivity index (χ1v) is 6.03. The molecule has 0 fully saturated rings. The lowest BCUT2D eigenvalue weighted by atomic mass is 10.2. The Hall–Kier alpha value is -1.80. The Labute approximate surface area is 112 Å². The Kier molecular flexibility index (Phi) is 6.59. The van der Waals surface area contributed by atoms with Gasteiger partial charge in [0.15, 0.2) is 0 Å². The highest BCUT2D eigenvalue weighted by Crippen LogP contribution is 2.24. The van der Waals surface area contributed by atoms with Crippen LogP contribution in [0.1, 0.15) is 17.3 Å². The van der Waals surface area contributed by atoms with E-state index in [2.05, 4.69) is 0 Å². The van der Waals surface area contributed by atoms with Crippen molar-refractivity contribution in [2.24, 2.45) is 0 Å². The summed E-state index contributed by atoms with van der Waals surface area (Å²) in [4.78, 5) is 10.3. The number of rotatable bonds is 3. The van der Waals surface area contributed by atoms with Crippen LogP contribution in [0.3, 0.4) is 0 Å². The minimum atomic E-state index is 0.474. The molecule has 0 aromatic heterocycles. The smallest absolute Gasteiger partial charge is 0.150 e. The Balaban J connectivity index is 0.000000225. The summed E-state index contributed by atoms with van der Waals surface area (Å²) in [7, 11) is 0. The first-order valence-electron chi connectivity index (χ1n) is 5.65. The van der Waals surface area contributed by atoms with E-state index in [0.29, 0.717) is 22.9 Å². The molecule has 18 heavy (non-hydrogen) atoms. The summed E-state index contributed by atoms with van der Waals surface area (Å²) in [6.45, 7) is 2.45. The van der Waals surface area contributed by atoms with Crippen molar-refractivity contribution in [3.05, 3.63) is 65.2 Å². The third-order valence-corrected chi connectivity index (χ3v) is 2.35. The van der Waals surface area contributed by atoms with E-state index in [1.54, 1.807) is 18.2 Å². The van der Waals surface area contributed by atoms with Crippen LogP contribution in [0.2, 0.25) is 5.02 Å². The van der Waals surface area contributed by atoms with Crippen LogP contribution in [0.15, 0.2) is 54.6 Å². The molecule has 0 amide bonds. The van der Waals surface area contributed by atoms with E-state index in [1.807, 2.05) is 43.3 Å². The second-order valence-electron chi connectivity index (χ2n) is 3.40. The molecule has 0 aliphatic rings. The molecule has 0 spiro atoms. The van der Waals surface area contributed by atoms with Gasteiger partial charge in [-0.25, -0.2) is 0 Å². The van der Waals surface area contributed by atoms with Crippen molar-refractivity contribution in [3.8, 4) is 5.75 Å². The van der Waals surface area contributed by atoms with Gasteiger partial charge in [0.2, 0.25) is 0 Å². The summed E-state index contributed by atoms with van der Waals surface area (Å²) in [6, 6.07) is 16.9. The third kappa shape index (κ3) is 5.02. The molecule has 2 rings (SSSR count). The fourth-order valence-electron chi connectivity index (χ4n) is 1.25. The lowest BCUT2D eigenvalue weighted by molar-refractivity contribution is 0.112. The number of carbonyl (C=O) groups is 1. The molecule has 2 aromatic carbocycles. The highest BCUT2D eigenvalue weighted by atomic mass is 35.5. The predicted molar refractivity (Wildman–Crippen MR) is 74.5 cm³/mol. The molecule has 0 radical (unpaired) electrons. The second kappa shape index (κ2) is 8.31. The normalized spacial score (nSPS) is 9.00. The van der Waals surface area contributed by atoms with Crippen LogP contribution in [0.25, 0.3) is 0 Å². The van der Waals surface area contributed by atoms with Crippen LogP contribution < -0.4 is 4.74 Å². The molecule has 94 valence electrons. The predicted octanol–water partition coefficient (Wildman–Crippen LogP) is 4.24. The molecule has 0 unspecified atom stereocenters. The topological polar surface area (TPSA) is 26.3 Å². The number of hydrogen-bond donors (Lipinski definition) is 0. The molecular weight excluding hydrogens is 248 g/mol. The average molecular weight is 263 g/mol. The molecule has 3 heteroatoms. The molecule has 0 saturated heterocycles. The Bertz CT molecular complexity index is 442. The van der Waals surface area contributed by atoms with Crippen molar-refractivity contribution >= 4 is 17.9 Å². The van der Waals surface area contributed by atoms with E-state index in [0.717, 1.165) is 6.29 Å². The van der Waals surface area contributed by atoms with E-state index in [9.17, 15) is 4.79 Å². The van der Waals surface area contributed by atoms with Gasteiger partial charge < -0.3 is 4.74 Å². The van der Waals surface area contributed by atoms with Crippen LogP contribution in [0, 0.1) is 0 Å². The van der Waals surface area contributed by atoms with Gasteiger partial charge in [-0.05, 0) is 25.1 Å². The van der Waals surface area contributed by atoms with E-state index >= 15 is 0 Å². The Morgan fingerprint density at radius 3 is 2.06 bits per heavy atom. The van der Waals surface area contributed by atoms with Gasteiger partial charge in [0.1, 0.15) is 12.0 Å². The first-order chi connectivity index (χ1) is 8.77. The van der Waals surface area contributed by atoms with Gasteiger partial charge in [-0.2, -0.15) is 0 Å². The highest BCUT2D eigenvalue weighted by molar-refractivity contribution is 6.32. The summed E-state index contributed by atoms with van der Waals surface area (Å²) in [5.41, 5.74) is 0.559. The van der Waals surface area contributed by atoms with Crippen LogP contribution in [-0.4, -0.2) is 12.9 Å². The molecule has 2 nitrogen and oxygen atoms in total. The fraction of sp³-hybridized carbons (Fsp3) is 0.133. The minimum absolute atomic E-state index is 0.474. The Morgan fingerprint density at radius 2 is 1.67 bits per heavy atom. The lowest BCUT2D eigenvalue weighted by Crippen LogP contribution is -1.92. The van der Waals surface area contributed by atoms with Gasteiger partial charge in [-0.3, -0.25) is 4.79 Å². The molecule has 0 atom stereocenters. The zero-order valence-electron chi connectivity index (χ0n) is 10.2. The van der Waals surface area contributed by atoms with Crippen molar-refractivity contribution in [1.29, 1.82) is 0 Å². The highest BCUT2D eigenvalue weighted by Gasteiger charge is 2.00. The van der Waals surface area contributed by atoms with Crippen LogP contribution in [0.4, 0.5) is 0 Å². The molecule has 0 bridgehead atoms. The second-order valence-corrected chi connectivity index (χ2v) is 3.80. The molecular formula is C15H15ClO2. The standard InChI is InChI=1S/C9H9ClO2.C6H6/c1-2-12-9-4-3-7(6-11)5-8(9)10;1-2-4-6-5-3-1/h3-6H,2H2,1H3;1-6H. The van der Waals surface area contributed by atoms with E-state index < -0.39 is 0 Å². The number of ether oxygens (including phenoxy) is 1. The fourth-order valence-corrected chi connectivity index (χ4v) is 1.49. The maximum Gasteiger partial charge on any atom is 0.150 e. The number of halogens is 1. The van der Waals surface area contributed by atoms with Gasteiger partial charge in [-0.15, -0.1) is 0 Å². The maximum atomic E-state index is 10.3. The lowest BCUT2D eigenvalue weighted by Gasteiger charge is -2.04. The molecule has 0 saturated carbocycles. The molecule has 0 N–H and O–H groups in total. The van der Waals surface area contributed by atoms with E-state index in [1.165, 1.54) is 0 Å². The van der Waals surface area contributed by atoms with Crippen LogP contribution in [-0.2, 0) is 0 Å². The quantitative estimate of drug-likeness (QED) is 0.774. The first kappa shape index (κ1) is 14.3. The summed E-state index contributed by atoms with van der Waals surface area (Å²) in [5.74, 6) is 0.616. The number of hydrogen-bond acceptors (Lipinski definition) is 2. The summed E-state index contributed by atoms with van der Waals surface area (Å²) in [5, 5.41) is 0.474. The number of aldehydes is 1. The molecule has 2 aromatic rings. The monoisotopic (exact) mass is 262 g/mol. The van der Waals surface area contributed by atoms with E-state index in [4.69, 9.17) is 16.3 Å². The van der Waals surface area contributed by atoms with Crippen molar-refractivity contribution in [2.45, 2.75) is 6.92 Å². The van der Waals surface area contributed by atoms with E-state index in [-0.39, 0.29) is 0 Å².